The fraction of sp³-hybridized carbons (Fsp3) is 1.00. The second kappa shape index (κ2) is 6.88. The van der Waals surface area contributed by atoms with Crippen LogP contribution in [0.4, 0.5) is 4.70 Å². The third kappa shape index (κ3) is 4.63. The van der Waals surface area contributed by atoms with E-state index in [9.17, 15) is 0 Å². The summed E-state index contributed by atoms with van der Waals surface area (Å²) in [5.41, 5.74) is 0. The lowest BCUT2D eigenvalue weighted by molar-refractivity contribution is -0.0120. The first-order valence-electron chi connectivity index (χ1n) is 2.84. The Bertz CT molecular complexity index is 73.9. The third-order valence-corrected chi connectivity index (χ3v) is 1.04. The van der Waals surface area contributed by atoms with Crippen LogP contribution in [0, 0.1) is 0 Å². The first-order chi connectivity index (χ1) is 4.22. The predicted octanol–water partition coefficient (Wildman–Crippen LogP) is -1.93. The molecule has 0 radical (unpaired) electrons. The van der Waals surface area contributed by atoms with Gasteiger partial charge in [-0.3, -0.25) is 4.70 Å². The molecule has 0 bridgehead atoms. The molecule has 0 aliphatic heterocycles. The molecule has 0 aliphatic rings. The van der Waals surface area contributed by atoms with Gasteiger partial charge >= 0.3 is 0 Å². The predicted molar refractivity (Wildman–Crippen MR) is 35.5 cm³/mol. The molecule has 0 aromatic rings. The molecule has 0 saturated heterocycles. The molecule has 0 aromatic carbocycles. The fourth-order valence-corrected chi connectivity index (χ4v) is 0.467. The van der Waals surface area contributed by atoms with Crippen molar-refractivity contribution in [3.05, 3.63) is 0 Å². The van der Waals surface area contributed by atoms with Gasteiger partial charge in [0, 0.05) is 6.54 Å². The van der Waals surface area contributed by atoms with Gasteiger partial charge in [0.15, 0.2) is 0 Å². The zero-order valence-electron chi connectivity index (χ0n) is 5.82. The monoisotopic (exact) mass is 155 g/mol. The Morgan fingerprint density at radius 2 is 1.80 bits per heavy atom. The molecule has 0 fully saturated rings. The standard InChI is InChI=1S/C5H13NO3.FH/c1-6-2-4(8)5(9)3-7;/h4-9H,2-3H2,1H3;1H. The molecule has 2 atom stereocenters. The summed E-state index contributed by atoms with van der Waals surface area (Å²) in [5, 5.41) is 28.5. The van der Waals surface area contributed by atoms with E-state index in [1.807, 2.05) is 0 Å². The van der Waals surface area contributed by atoms with Crippen LogP contribution in [-0.4, -0.2) is 47.7 Å². The summed E-state index contributed by atoms with van der Waals surface area (Å²) >= 11 is 0. The Morgan fingerprint density at radius 1 is 1.30 bits per heavy atom. The number of likely N-dealkylation sites (N-methyl/N-ethyl adjacent to an activating group) is 1. The van der Waals surface area contributed by atoms with Crippen molar-refractivity contribution in [3.63, 3.8) is 0 Å². The Kier molecular flexibility index (Phi) is 8.57. The minimum Gasteiger partial charge on any atom is -0.394 e. The van der Waals surface area contributed by atoms with Crippen LogP contribution in [0.1, 0.15) is 0 Å². The molecule has 64 valence electrons. The SMILES string of the molecule is CNCC(O)C(O)CO.F. The highest BCUT2D eigenvalue weighted by Crippen LogP contribution is 1.88. The molecular formula is C5H14FNO3. The molecule has 4 N–H and O–H groups in total. The van der Waals surface area contributed by atoms with Gasteiger partial charge in [0.2, 0.25) is 0 Å². The molecule has 0 aliphatic carbocycles. The average molecular weight is 155 g/mol. The van der Waals surface area contributed by atoms with Crippen molar-refractivity contribution in [2.75, 3.05) is 20.2 Å². The smallest absolute Gasteiger partial charge is 0.104 e. The Labute approximate surface area is 58.9 Å². The van der Waals surface area contributed by atoms with E-state index in [0.717, 1.165) is 0 Å². The maximum Gasteiger partial charge on any atom is 0.104 e. The number of aliphatic hydroxyl groups excluding tert-OH is 3. The van der Waals surface area contributed by atoms with Crippen LogP contribution < -0.4 is 5.32 Å². The Morgan fingerprint density at radius 3 is 2.10 bits per heavy atom. The van der Waals surface area contributed by atoms with Crippen LogP contribution >= 0.6 is 0 Å². The minimum absolute atomic E-state index is 0. The lowest BCUT2D eigenvalue weighted by atomic mass is 10.2. The van der Waals surface area contributed by atoms with E-state index in [-0.39, 0.29) is 4.70 Å². The molecule has 4 nitrogen and oxygen atoms in total. The molecule has 10 heavy (non-hydrogen) atoms. The Hall–Kier alpha value is -0.230. The molecule has 0 heterocycles. The lowest BCUT2D eigenvalue weighted by Gasteiger charge is -2.13. The third-order valence-electron chi connectivity index (χ3n) is 1.04. The minimum atomic E-state index is -1.03. The lowest BCUT2D eigenvalue weighted by Crippen LogP contribution is -2.36. The van der Waals surface area contributed by atoms with Crippen LogP contribution in [0.3, 0.4) is 0 Å². The molecule has 0 aromatic heterocycles. The number of aliphatic hydroxyl groups is 3. The quantitative estimate of drug-likeness (QED) is 0.381. The van der Waals surface area contributed by atoms with Crippen LogP contribution in [0.25, 0.3) is 0 Å². The topological polar surface area (TPSA) is 72.7 Å². The van der Waals surface area contributed by atoms with Crippen LogP contribution in [0.5, 0.6) is 0 Å². The Balaban J connectivity index is 0. The van der Waals surface area contributed by atoms with Crippen LogP contribution in [0.2, 0.25) is 0 Å². The van der Waals surface area contributed by atoms with Gasteiger partial charge in [-0.15, -0.1) is 0 Å². The van der Waals surface area contributed by atoms with Crippen LogP contribution in [-0.2, 0) is 0 Å². The molecule has 0 spiro atoms. The van der Waals surface area contributed by atoms with Crippen molar-refractivity contribution >= 4 is 0 Å². The molecule has 2 unspecified atom stereocenters. The maximum atomic E-state index is 8.85. The highest BCUT2D eigenvalue weighted by atomic mass is 19.0. The number of hydrogen-bond donors (Lipinski definition) is 4. The first-order valence-corrected chi connectivity index (χ1v) is 2.84. The summed E-state index contributed by atoms with van der Waals surface area (Å²) in [5.74, 6) is 0. The van der Waals surface area contributed by atoms with E-state index in [2.05, 4.69) is 5.32 Å². The number of hydrogen-bond acceptors (Lipinski definition) is 4. The van der Waals surface area contributed by atoms with Crippen molar-refractivity contribution in [3.8, 4) is 0 Å². The molecular weight excluding hydrogens is 141 g/mol. The highest BCUT2D eigenvalue weighted by molar-refractivity contribution is 4.66. The van der Waals surface area contributed by atoms with Gasteiger partial charge in [0.1, 0.15) is 6.10 Å². The van der Waals surface area contributed by atoms with Crippen molar-refractivity contribution in [2.24, 2.45) is 0 Å². The van der Waals surface area contributed by atoms with Gasteiger partial charge in [0.05, 0.1) is 12.7 Å². The molecule has 5 heteroatoms. The largest absolute Gasteiger partial charge is 0.394 e. The zero-order valence-corrected chi connectivity index (χ0v) is 5.82. The summed E-state index contributed by atoms with van der Waals surface area (Å²) < 4.78 is 0. The van der Waals surface area contributed by atoms with Crippen LogP contribution in [0.15, 0.2) is 0 Å². The second-order valence-electron chi connectivity index (χ2n) is 1.87. The van der Waals surface area contributed by atoms with E-state index in [4.69, 9.17) is 15.3 Å². The normalized spacial score (nSPS) is 15.6. The second-order valence-corrected chi connectivity index (χ2v) is 1.87. The highest BCUT2D eigenvalue weighted by Gasteiger charge is 2.12. The van der Waals surface area contributed by atoms with Gasteiger partial charge in [0.25, 0.3) is 0 Å². The van der Waals surface area contributed by atoms with E-state index in [1.54, 1.807) is 7.05 Å². The molecule has 0 rings (SSSR count). The van der Waals surface area contributed by atoms with Gasteiger partial charge in [-0.2, -0.15) is 0 Å². The number of rotatable bonds is 4. The summed E-state index contributed by atoms with van der Waals surface area (Å²) in [6.45, 7) is -0.107. The molecule has 0 amide bonds. The summed E-state index contributed by atoms with van der Waals surface area (Å²) in [4.78, 5) is 0. The fourth-order valence-electron chi connectivity index (χ4n) is 0.467. The van der Waals surface area contributed by atoms with Gasteiger partial charge in [-0.05, 0) is 7.05 Å². The van der Waals surface area contributed by atoms with Crippen molar-refractivity contribution < 1.29 is 20.0 Å². The van der Waals surface area contributed by atoms with Gasteiger partial charge in [-0.25, -0.2) is 0 Å². The van der Waals surface area contributed by atoms with E-state index >= 15 is 0 Å². The number of nitrogens with one attached hydrogen (secondary N) is 1. The van der Waals surface area contributed by atoms with Gasteiger partial charge < -0.3 is 20.6 Å². The number of halogens is 1. The summed E-state index contributed by atoms with van der Waals surface area (Å²) in [6.07, 6.45) is -1.91. The first kappa shape index (κ1) is 12.4. The zero-order chi connectivity index (χ0) is 7.28. The summed E-state index contributed by atoms with van der Waals surface area (Å²) in [7, 11) is 1.66. The van der Waals surface area contributed by atoms with Crippen molar-refractivity contribution in [2.45, 2.75) is 12.2 Å². The van der Waals surface area contributed by atoms with E-state index in [0.29, 0.717) is 6.54 Å². The van der Waals surface area contributed by atoms with E-state index < -0.39 is 18.8 Å². The average Bonchev–Trinajstić information content (AvgIpc) is 1.87. The molecule has 0 saturated carbocycles. The van der Waals surface area contributed by atoms with Crippen molar-refractivity contribution in [1.29, 1.82) is 0 Å². The van der Waals surface area contributed by atoms with Gasteiger partial charge in [-0.1, -0.05) is 0 Å². The van der Waals surface area contributed by atoms with Crippen molar-refractivity contribution in [1.82, 2.24) is 5.32 Å². The maximum absolute atomic E-state index is 8.85. The van der Waals surface area contributed by atoms with E-state index in [1.165, 1.54) is 0 Å². The summed E-state index contributed by atoms with van der Waals surface area (Å²) in [6, 6.07) is 0.